The number of alkyl halides is 3. The normalized spacial score (nSPS) is 11.8. The zero-order valence-electron chi connectivity index (χ0n) is 9.48. The molecule has 2 rings (SSSR count). The fourth-order valence-corrected chi connectivity index (χ4v) is 1.45. The van der Waals surface area contributed by atoms with Crippen LogP contribution in [0.2, 0.25) is 0 Å². The van der Waals surface area contributed by atoms with Crippen LogP contribution in [-0.4, -0.2) is 27.9 Å². The van der Waals surface area contributed by atoms with Crippen molar-refractivity contribution in [1.82, 2.24) is 15.3 Å². The van der Waals surface area contributed by atoms with Gasteiger partial charge in [0.1, 0.15) is 5.56 Å². The molecule has 0 bridgehead atoms. The van der Waals surface area contributed by atoms with Crippen LogP contribution in [0.25, 0.3) is 11.2 Å². The van der Waals surface area contributed by atoms with E-state index in [-0.39, 0.29) is 12.1 Å². The van der Waals surface area contributed by atoms with E-state index in [4.69, 9.17) is 5.73 Å². The Balaban J connectivity index is 2.76. The van der Waals surface area contributed by atoms with Crippen LogP contribution in [0.3, 0.4) is 0 Å². The highest BCUT2D eigenvalue weighted by Crippen LogP contribution is 2.35. The second-order valence-electron chi connectivity index (χ2n) is 3.40. The molecule has 0 radical (unpaired) electrons. The van der Waals surface area contributed by atoms with Crippen LogP contribution in [-0.2, 0) is 10.9 Å². The van der Waals surface area contributed by atoms with Crippen LogP contribution in [0.15, 0.2) is 4.63 Å². The molecular weight excluding hydrogens is 269 g/mol. The molecule has 0 aliphatic carbocycles. The van der Waals surface area contributed by atoms with Crippen LogP contribution in [0.5, 0.6) is 0 Å². The average molecular weight is 276 g/mol. The van der Waals surface area contributed by atoms with Gasteiger partial charge >= 0.3 is 12.1 Å². The number of pyridine rings is 1. The molecule has 0 aromatic carbocycles. The molecule has 0 unspecified atom stereocenters. The van der Waals surface area contributed by atoms with Gasteiger partial charge in [-0.25, -0.2) is 14.4 Å². The number of carbonyl (C=O) groups is 1. The fraction of sp³-hybridized carbons (Fsp3) is 0.333. The van der Waals surface area contributed by atoms with Crippen LogP contribution >= 0.6 is 0 Å². The van der Waals surface area contributed by atoms with Crippen molar-refractivity contribution >= 4 is 22.8 Å². The van der Waals surface area contributed by atoms with E-state index in [0.29, 0.717) is 0 Å². The van der Waals surface area contributed by atoms with E-state index in [2.05, 4.69) is 24.7 Å². The van der Waals surface area contributed by atoms with Crippen molar-refractivity contribution < 1.29 is 27.3 Å². The number of rotatable bonds is 2. The number of esters is 1. The van der Waals surface area contributed by atoms with Crippen LogP contribution in [0.4, 0.5) is 18.9 Å². The molecule has 10 heteroatoms. The summed E-state index contributed by atoms with van der Waals surface area (Å²) in [5, 5.41) is 6.47. The SMILES string of the molecule is CCOC(=O)c1c(C(F)(F)F)nc2nonc2c1N. The van der Waals surface area contributed by atoms with Gasteiger partial charge in [-0.15, -0.1) is 0 Å². The fourth-order valence-electron chi connectivity index (χ4n) is 1.45. The predicted octanol–water partition coefficient (Wildman–Crippen LogP) is 1.40. The van der Waals surface area contributed by atoms with Gasteiger partial charge in [0, 0.05) is 0 Å². The molecule has 2 heterocycles. The van der Waals surface area contributed by atoms with E-state index in [9.17, 15) is 18.0 Å². The number of fused-ring (bicyclic) bond motifs is 1. The van der Waals surface area contributed by atoms with Crippen LogP contribution < -0.4 is 5.73 Å². The molecule has 0 atom stereocenters. The van der Waals surface area contributed by atoms with Gasteiger partial charge in [0.15, 0.2) is 11.2 Å². The lowest BCUT2D eigenvalue weighted by Gasteiger charge is -2.12. The highest BCUT2D eigenvalue weighted by molar-refractivity contribution is 6.03. The van der Waals surface area contributed by atoms with Gasteiger partial charge in [0.25, 0.3) is 0 Å². The molecule has 19 heavy (non-hydrogen) atoms. The molecule has 7 nitrogen and oxygen atoms in total. The summed E-state index contributed by atoms with van der Waals surface area (Å²) < 4.78 is 47.4. The summed E-state index contributed by atoms with van der Waals surface area (Å²) >= 11 is 0. The standard InChI is InChI=1S/C9H7F3N4O3/c1-2-18-8(17)3-4(13)5-7(16-19-15-5)14-6(3)9(10,11)12/h2,13H2,1H3. The number of nitrogen functional groups attached to an aromatic ring is 1. The van der Waals surface area contributed by atoms with E-state index < -0.39 is 34.7 Å². The van der Waals surface area contributed by atoms with Crippen molar-refractivity contribution in [1.29, 1.82) is 0 Å². The number of ether oxygens (including phenoxy) is 1. The molecule has 0 spiro atoms. The third-order valence-electron chi connectivity index (χ3n) is 2.20. The molecule has 0 saturated heterocycles. The van der Waals surface area contributed by atoms with Gasteiger partial charge in [0.05, 0.1) is 12.3 Å². The Morgan fingerprint density at radius 2 is 2.11 bits per heavy atom. The first-order valence-corrected chi connectivity index (χ1v) is 5.02. The first-order chi connectivity index (χ1) is 8.86. The first-order valence-electron chi connectivity index (χ1n) is 5.02. The molecule has 102 valence electrons. The first kappa shape index (κ1) is 13.1. The third kappa shape index (κ3) is 2.16. The van der Waals surface area contributed by atoms with Crippen molar-refractivity contribution in [3.05, 3.63) is 11.3 Å². The summed E-state index contributed by atoms with van der Waals surface area (Å²) in [5.41, 5.74) is 1.93. The van der Waals surface area contributed by atoms with Gasteiger partial charge in [-0.05, 0) is 17.2 Å². The van der Waals surface area contributed by atoms with Gasteiger partial charge in [-0.2, -0.15) is 13.2 Å². The number of carbonyl (C=O) groups excluding carboxylic acids is 1. The number of hydrogen-bond acceptors (Lipinski definition) is 7. The minimum Gasteiger partial charge on any atom is -0.462 e. The number of nitrogens with two attached hydrogens (primary N) is 1. The summed E-state index contributed by atoms with van der Waals surface area (Å²) in [6, 6.07) is 0. The van der Waals surface area contributed by atoms with Gasteiger partial charge in [-0.1, -0.05) is 0 Å². The number of nitrogens with zero attached hydrogens (tertiary/aromatic N) is 3. The largest absolute Gasteiger partial charge is 0.462 e. The molecule has 2 aromatic heterocycles. The van der Waals surface area contributed by atoms with Crippen molar-refractivity contribution in [3.8, 4) is 0 Å². The van der Waals surface area contributed by atoms with Crippen LogP contribution in [0, 0.1) is 0 Å². The number of aromatic nitrogens is 3. The van der Waals surface area contributed by atoms with Crippen molar-refractivity contribution in [2.45, 2.75) is 13.1 Å². The smallest absolute Gasteiger partial charge is 0.434 e. The number of hydrogen-bond donors (Lipinski definition) is 1. The highest BCUT2D eigenvalue weighted by Gasteiger charge is 2.40. The quantitative estimate of drug-likeness (QED) is 0.826. The van der Waals surface area contributed by atoms with E-state index in [1.807, 2.05) is 0 Å². The monoisotopic (exact) mass is 276 g/mol. The van der Waals surface area contributed by atoms with Crippen molar-refractivity contribution in [2.24, 2.45) is 0 Å². The second-order valence-corrected chi connectivity index (χ2v) is 3.40. The minimum absolute atomic E-state index is 0.106. The van der Waals surface area contributed by atoms with Gasteiger partial charge in [-0.3, -0.25) is 0 Å². The van der Waals surface area contributed by atoms with E-state index in [0.717, 1.165) is 0 Å². The molecule has 0 fully saturated rings. The molecular formula is C9H7F3N4O3. The second kappa shape index (κ2) is 4.37. The Morgan fingerprint density at radius 1 is 1.42 bits per heavy atom. The average Bonchev–Trinajstić information content (AvgIpc) is 2.76. The summed E-state index contributed by atoms with van der Waals surface area (Å²) in [6.45, 7) is 1.34. The Bertz CT molecular complexity index is 637. The van der Waals surface area contributed by atoms with E-state index in [1.165, 1.54) is 6.92 Å². The van der Waals surface area contributed by atoms with E-state index >= 15 is 0 Å². The maximum Gasteiger partial charge on any atom is 0.434 e. The highest BCUT2D eigenvalue weighted by atomic mass is 19.4. The number of anilines is 1. The predicted molar refractivity (Wildman–Crippen MR) is 55.0 cm³/mol. The van der Waals surface area contributed by atoms with Crippen LogP contribution in [0.1, 0.15) is 23.0 Å². The Labute approximate surface area is 103 Å². The summed E-state index contributed by atoms with van der Waals surface area (Å²) in [6.07, 6.45) is -4.89. The van der Waals surface area contributed by atoms with Gasteiger partial charge < -0.3 is 10.5 Å². The lowest BCUT2D eigenvalue weighted by molar-refractivity contribution is -0.141. The summed E-state index contributed by atoms with van der Waals surface area (Å²) in [4.78, 5) is 14.8. The minimum atomic E-state index is -4.89. The lowest BCUT2D eigenvalue weighted by atomic mass is 10.1. The zero-order valence-corrected chi connectivity index (χ0v) is 9.48. The topological polar surface area (TPSA) is 104 Å². The molecule has 0 amide bonds. The summed E-state index contributed by atoms with van der Waals surface area (Å²) in [7, 11) is 0. The third-order valence-corrected chi connectivity index (χ3v) is 2.20. The lowest BCUT2D eigenvalue weighted by Crippen LogP contribution is -2.19. The van der Waals surface area contributed by atoms with Crippen molar-refractivity contribution in [2.75, 3.05) is 12.3 Å². The Hall–Kier alpha value is -2.39. The molecule has 2 N–H and O–H groups in total. The maximum atomic E-state index is 12.9. The maximum absolute atomic E-state index is 12.9. The van der Waals surface area contributed by atoms with E-state index in [1.54, 1.807) is 0 Å². The number of halogens is 3. The van der Waals surface area contributed by atoms with Crippen molar-refractivity contribution in [3.63, 3.8) is 0 Å². The van der Waals surface area contributed by atoms with Gasteiger partial charge in [0.2, 0.25) is 5.65 Å². The Morgan fingerprint density at radius 3 is 2.68 bits per heavy atom. The summed E-state index contributed by atoms with van der Waals surface area (Å²) in [5.74, 6) is -1.23. The zero-order chi connectivity index (χ0) is 14.2. The molecule has 0 saturated carbocycles. The molecule has 2 aromatic rings. The molecule has 0 aliphatic heterocycles. The Kier molecular flexibility index (Phi) is 3.00. The molecule has 0 aliphatic rings.